The number of methoxy groups -OCH3 is 1. The van der Waals surface area contributed by atoms with Gasteiger partial charge in [0.25, 0.3) is 0 Å². The molecule has 170 valence electrons. The van der Waals surface area contributed by atoms with Crippen molar-refractivity contribution in [3.8, 4) is 17.1 Å². The van der Waals surface area contributed by atoms with Gasteiger partial charge < -0.3 is 23.5 Å². The van der Waals surface area contributed by atoms with E-state index >= 15 is 0 Å². The lowest BCUT2D eigenvalue weighted by Crippen LogP contribution is -2.50. The summed E-state index contributed by atoms with van der Waals surface area (Å²) in [6, 6.07) is 16.1. The van der Waals surface area contributed by atoms with E-state index < -0.39 is 0 Å². The maximum absolute atomic E-state index is 13.2. The molecule has 5 rings (SSSR count). The summed E-state index contributed by atoms with van der Waals surface area (Å²) in [4.78, 5) is 21.7. The topological polar surface area (TPSA) is 63.7 Å². The van der Waals surface area contributed by atoms with Crippen LogP contribution in [-0.4, -0.2) is 53.6 Å². The molecule has 0 spiro atoms. The van der Waals surface area contributed by atoms with Crippen molar-refractivity contribution in [3.63, 3.8) is 0 Å². The van der Waals surface area contributed by atoms with E-state index in [-0.39, 0.29) is 11.9 Å². The standard InChI is InChI=1S/C26H28N4O3/c1-18(30-11-10-20-6-4-5-7-23(20)30)26(31)29-14-12-28(13-15-29)21-8-9-22(24(16-21)32-3)25-17-27-19(2)33-25/h4-11,16-18H,12-15H2,1-3H3. The molecular formula is C26H28N4O3. The van der Waals surface area contributed by atoms with Gasteiger partial charge >= 0.3 is 0 Å². The second-order valence-corrected chi connectivity index (χ2v) is 8.40. The SMILES string of the molecule is COc1cc(N2CCN(C(=O)C(C)n3ccc4ccccc43)CC2)ccc1-c1cnc(C)o1. The molecule has 1 atom stereocenters. The van der Waals surface area contributed by atoms with Crippen LogP contribution in [0.15, 0.2) is 65.3 Å². The molecule has 1 fully saturated rings. The van der Waals surface area contributed by atoms with E-state index in [0.29, 0.717) is 24.7 Å². The Kier molecular flexibility index (Phi) is 5.54. The fourth-order valence-electron chi connectivity index (χ4n) is 4.58. The third kappa shape index (κ3) is 3.95. The van der Waals surface area contributed by atoms with Gasteiger partial charge in [-0.3, -0.25) is 4.79 Å². The molecule has 0 radical (unpaired) electrons. The highest BCUT2D eigenvalue weighted by molar-refractivity contribution is 5.85. The number of ether oxygens (including phenoxy) is 1. The number of amides is 1. The molecule has 2 aromatic carbocycles. The quantitative estimate of drug-likeness (QED) is 0.453. The van der Waals surface area contributed by atoms with Crippen LogP contribution >= 0.6 is 0 Å². The van der Waals surface area contributed by atoms with Gasteiger partial charge in [0.1, 0.15) is 11.8 Å². The number of anilines is 1. The van der Waals surface area contributed by atoms with Gasteiger partial charge in [0, 0.05) is 56.6 Å². The van der Waals surface area contributed by atoms with Crippen molar-refractivity contribution in [2.45, 2.75) is 19.9 Å². The van der Waals surface area contributed by atoms with E-state index in [2.05, 4.69) is 38.7 Å². The first-order chi connectivity index (χ1) is 16.0. The lowest BCUT2D eigenvalue weighted by Gasteiger charge is -2.37. The van der Waals surface area contributed by atoms with Crippen LogP contribution < -0.4 is 9.64 Å². The number of piperazine rings is 1. The first kappa shape index (κ1) is 21.1. The van der Waals surface area contributed by atoms with E-state index in [1.165, 1.54) is 0 Å². The molecular weight excluding hydrogens is 416 g/mol. The lowest BCUT2D eigenvalue weighted by atomic mass is 10.1. The Bertz CT molecular complexity index is 1280. The zero-order chi connectivity index (χ0) is 22.9. The number of aryl methyl sites for hydroxylation is 1. The summed E-state index contributed by atoms with van der Waals surface area (Å²) in [6.07, 6.45) is 3.72. The van der Waals surface area contributed by atoms with E-state index in [1.807, 2.05) is 49.2 Å². The summed E-state index contributed by atoms with van der Waals surface area (Å²) in [7, 11) is 1.66. The van der Waals surface area contributed by atoms with Gasteiger partial charge in [-0.25, -0.2) is 4.98 Å². The minimum absolute atomic E-state index is 0.157. The molecule has 0 saturated carbocycles. The predicted octanol–water partition coefficient (Wildman–Crippen LogP) is 4.52. The van der Waals surface area contributed by atoms with Gasteiger partial charge in [0.15, 0.2) is 11.7 Å². The first-order valence-corrected chi connectivity index (χ1v) is 11.3. The zero-order valence-electron chi connectivity index (χ0n) is 19.2. The number of oxazole rings is 1. The number of aromatic nitrogens is 2. The minimum Gasteiger partial charge on any atom is -0.496 e. The summed E-state index contributed by atoms with van der Waals surface area (Å²) < 4.78 is 13.4. The Morgan fingerprint density at radius 1 is 1.09 bits per heavy atom. The number of rotatable bonds is 5. The Balaban J connectivity index is 1.27. The van der Waals surface area contributed by atoms with Gasteiger partial charge in [0.2, 0.25) is 5.91 Å². The smallest absolute Gasteiger partial charge is 0.245 e. The molecule has 4 aromatic rings. The van der Waals surface area contributed by atoms with Crippen molar-refractivity contribution in [3.05, 3.63) is 66.8 Å². The van der Waals surface area contributed by atoms with Crippen LogP contribution in [0.5, 0.6) is 5.75 Å². The maximum Gasteiger partial charge on any atom is 0.245 e. The molecule has 7 heteroatoms. The summed E-state index contributed by atoms with van der Waals surface area (Å²) >= 11 is 0. The summed E-state index contributed by atoms with van der Waals surface area (Å²) in [5.74, 6) is 2.22. The van der Waals surface area contributed by atoms with Gasteiger partial charge in [-0.05, 0) is 36.6 Å². The highest BCUT2D eigenvalue weighted by Crippen LogP contribution is 2.34. The summed E-state index contributed by atoms with van der Waals surface area (Å²) in [5, 5.41) is 1.15. The molecule has 0 N–H and O–H groups in total. The van der Waals surface area contributed by atoms with Gasteiger partial charge in [-0.15, -0.1) is 0 Å². The van der Waals surface area contributed by atoms with E-state index in [0.717, 1.165) is 41.0 Å². The second kappa shape index (κ2) is 8.65. The molecule has 7 nitrogen and oxygen atoms in total. The fourth-order valence-corrected chi connectivity index (χ4v) is 4.58. The number of hydrogen-bond acceptors (Lipinski definition) is 5. The molecule has 3 heterocycles. The average Bonchev–Trinajstić information content (AvgIpc) is 3.49. The molecule has 1 aliphatic heterocycles. The minimum atomic E-state index is -0.235. The summed E-state index contributed by atoms with van der Waals surface area (Å²) in [6.45, 7) is 6.73. The first-order valence-electron chi connectivity index (χ1n) is 11.3. The molecule has 1 aliphatic rings. The van der Waals surface area contributed by atoms with E-state index in [1.54, 1.807) is 13.3 Å². The predicted molar refractivity (Wildman–Crippen MR) is 129 cm³/mol. The van der Waals surface area contributed by atoms with Gasteiger partial charge in [-0.2, -0.15) is 0 Å². The lowest BCUT2D eigenvalue weighted by molar-refractivity contribution is -0.134. The van der Waals surface area contributed by atoms with Crippen LogP contribution in [0.4, 0.5) is 5.69 Å². The van der Waals surface area contributed by atoms with Crippen molar-refractivity contribution in [2.24, 2.45) is 0 Å². The molecule has 1 unspecified atom stereocenters. The van der Waals surface area contributed by atoms with Crippen LogP contribution in [0.2, 0.25) is 0 Å². The molecule has 0 aliphatic carbocycles. The largest absolute Gasteiger partial charge is 0.496 e. The van der Waals surface area contributed by atoms with Crippen LogP contribution in [0, 0.1) is 6.92 Å². The Labute approximate surface area is 193 Å². The van der Waals surface area contributed by atoms with Crippen LogP contribution in [-0.2, 0) is 4.79 Å². The molecule has 2 aromatic heterocycles. The normalized spacial score (nSPS) is 15.1. The van der Waals surface area contributed by atoms with Crippen molar-refractivity contribution >= 4 is 22.5 Å². The number of carbonyl (C=O) groups excluding carboxylic acids is 1. The number of benzene rings is 2. The number of nitrogens with zero attached hydrogens (tertiary/aromatic N) is 4. The number of carbonyl (C=O) groups is 1. The van der Waals surface area contributed by atoms with Crippen LogP contribution in [0.3, 0.4) is 0 Å². The molecule has 0 bridgehead atoms. The van der Waals surface area contributed by atoms with E-state index in [4.69, 9.17) is 9.15 Å². The van der Waals surface area contributed by atoms with Crippen LogP contribution in [0.25, 0.3) is 22.2 Å². The number of hydrogen-bond donors (Lipinski definition) is 0. The third-order valence-electron chi connectivity index (χ3n) is 6.43. The Hall–Kier alpha value is -3.74. The van der Waals surface area contributed by atoms with Crippen LogP contribution in [0.1, 0.15) is 18.9 Å². The third-order valence-corrected chi connectivity index (χ3v) is 6.43. The number of fused-ring (bicyclic) bond motifs is 1. The zero-order valence-corrected chi connectivity index (χ0v) is 19.2. The van der Waals surface area contributed by atoms with Crippen molar-refractivity contribution < 1.29 is 13.9 Å². The summed E-state index contributed by atoms with van der Waals surface area (Å²) in [5.41, 5.74) is 3.04. The molecule has 1 saturated heterocycles. The second-order valence-electron chi connectivity index (χ2n) is 8.40. The van der Waals surface area contributed by atoms with Gasteiger partial charge in [-0.1, -0.05) is 18.2 Å². The Morgan fingerprint density at radius 3 is 2.61 bits per heavy atom. The maximum atomic E-state index is 13.2. The highest BCUT2D eigenvalue weighted by Gasteiger charge is 2.27. The fraction of sp³-hybridized carbons (Fsp3) is 0.308. The Morgan fingerprint density at radius 2 is 1.88 bits per heavy atom. The number of para-hydroxylation sites is 1. The van der Waals surface area contributed by atoms with E-state index in [9.17, 15) is 4.79 Å². The van der Waals surface area contributed by atoms with Crippen molar-refractivity contribution in [1.82, 2.24) is 14.5 Å². The van der Waals surface area contributed by atoms with Gasteiger partial charge in [0.05, 0.1) is 18.9 Å². The molecule has 33 heavy (non-hydrogen) atoms. The molecule has 1 amide bonds. The highest BCUT2D eigenvalue weighted by atomic mass is 16.5. The monoisotopic (exact) mass is 444 g/mol. The van der Waals surface area contributed by atoms with Crippen molar-refractivity contribution in [2.75, 3.05) is 38.2 Å². The average molecular weight is 445 g/mol. The van der Waals surface area contributed by atoms with Crippen molar-refractivity contribution in [1.29, 1.82) is 0 Å².